The number of rotatable bonds is 7. The molecule has 0 saturated carbocycles. The van der Waals surface area contributed by atoms with Crippen molar-refractivity contribution in [2.24, 2.45) is 0 Å². The molecule has 8 nitrogen and oxygen atoms in total. The van der Waals surface area contributed by atoms with Crippen LogP contribution < -0.4 is 15.0 Å². The molecule has 31 heavy (non-hydrogen) atoms. The van der Waals surface area contributed by atoms with Crippen molar-refractivity contribution in [2.45, 2.75) is 20.3 Å². The summed E-state index contributed by atoms with van der Waals surface area (Å²) in [5.74, 6) is 1.78. The molecule has 0 spiro atoms. The van der Waals surface area contributed by atoms with E-state index in [1.165, 1.54) is 0 Å². The van der Waals surface area contributed by atoms with E-state index < -0.39 is 0 Å². The molecular formula is C23H24N6O2. The van der Waals surface area contributed by atoms with Crippen LogP contribution in [0.2, 0.25) is 0 Å². The van der Waals surface area contributed by atoms with Crippen molar-refractivity contribution in [1.82, 2.24) is 20.2 Å². The number of ketones is 1. The van der Waals surface area contributed by atoms with Crippen molar-refractivity contribution in [3.8, 4) is 5.75 Å². The zero-order chi connectivity index (χ0) is 22.0. The summed E-state index contributed by atoms with van der Waals surface area (Å²) in [6.45, 7) is 3.84. The third-order valence-corrected chi connectivity index (χ3v) is 5.19. The molecule has 2 heterocycles. The Morgan fingerprint density at radius 3 is 2.81 bits per heavy atom. The van der Waals surface area contributed by atoms with Crippen LogP contribution in [0.3, 0.4) is 0 Å². The Kier molecular flexibility index (Phi) is 5.53. The van der Waals surface area contributed by atoms with Crippen LogP contribution in [0.4, 0.5) is 23.1 Å². The predicted octanol–water partition coefficient (Wildman–Crippen LogP) is 4.77. The molecule has 0 saturated heterocycles. The molecule has 0 fully saturated rings. The molecule has 0 unspecified atom stereocenters. The van der Waals surface area contributed by atoms with Crippen LogP contribution in [0.25, 0.3) is 10.9 Å². The van der Waals surface area contributed by atoms with Gasteiger partial charge < -0.3 is 15.0 Å². The average Bonchev–Trinajstić information content (AvgIpc) is 3.18. The van der Waals surface area contributed by atoms with Gasteiger partial charge in [-0.25, -0.2) is 4.98 Å². The summed E-state index contributed by atoms with van der Waals surface area (Å²) in [7, 11) is 3.52. The first kappa shape index (κ1) is 20.3. The Balaban J connectivity index is 1.63. The maximum Gasteiger partial charge on any atom is 0.229 e. The summed E-state index contributed by atoms with van der Waals surface area (Å²) in [5, 5.41) is 11.6. The van der Waals surface area contributed by atoms with Gasteiger partial charge in [0.05, 0.1) is 18.3 Å². The lowest BCUT2D eigenvalue weighted by Crippen LogP contribution is -2.12. The number of anilines is 4. The Bertz CT molecular complexity index is 1250. The van der Waals surface area contributed by atoms with Crippen LogP contribution in [0, 0.1) is 6.92 Å². The first-order chi connectivity index (χ1) is 15.0. The van der Waals surface area contributed by atoms with Crippen molar-refractivity contribution in [3.05, 3.63) is 59.9 Å². The number of methoxy groups -OCH3 is 1. The second kappa shape index (κ2) is 8.43. The Labute approximate surface area is 180 Å². The van der Waals surface area contributed by atoms with Crippen molar-refractivity contribution < 1.29 is 9.53 Å². The van der Waals surface area contributed by atoms with Gasteiger partial charge in [0.2, 0.25) is 5.95 Å². The smallest absolute Gasteiger partial charge is 0.229 e. The molecule has 0 bridgehead atoms. The number of nitrogens with zero attached hydrogens (tertiary/aromatic N) is 4. The molecule has 4 aromatic rings. The minimum absolute atomic E-state index is 0.0594. The van der Waals surface area contributed by atoms with Gasteiger partial charge in [-0.1, -0.05) is 6.92 Å². The summed E-state index contributed by atoms with van der Waals surface area (Å²) < 4.78 is 5.43. The van der Waals surface area contributed by atoms with Crippen molar-refractivity contribution >= 4 is 39.8 Å². The van der Waals surface area contributed by atoms with Gasteiger partial charge in [0, 0.05) is 42.0 Å². The fraction of sp³-hybridized carbons (Fsp3) is 0.217. The molecule has 158 valence electrons. The van der Waals surface area contributed by atoms with Crippen LogP contribution in [0.5, 0.6) is 5.75 Å². The van der Waals surface area contributed by atoms with E-state index in [0.29, 0.717) is 35.2 Å². The number of H-pyrrole nitrogens is 1. The van der Waals surface area contributed by atoms with Gasteiger partial charge >= 0.3 is 0 Å². The number of aromatic nitrogens is 4. The van der Waals surface area contributed by atoms with Crippen LogP contribution in [0.15, 0.2) is 48.7 Å². The first-order valence-corrected chi connectivity index (χ1v) is 10.00. The molecule has 0 aliphatic heterocycles. The van der Waals surface area contributed by atoms with Crippen molar-refractivity contribution in [3.63, 3.8) is 0 Å². The van der Waals surface area contributed by atoms with Crippen LogP contribution in [0.1, 0.15) is 29.4 Å². The number of hydrogen-bond acceptors (Lipinski definition) is 7. The third kappa shape index (κ3) is 4.05. The van der Waals surface area contributed by atoms with E-state index >= 15 is 0 Å². The van der Waals surface area contributed by atoms with Gasteiger partial charge in [0.1, 0.15) is 11.6 Å². The number of nitrogens with one attached hydrogen (secondary N) is 2. The second-order valence-corrected chi connectivity index (χ2v) is 7.16. The number of carbonyl (C=O) groups is 1. The van der Waals surface area contributed by atoms with E-state index in [-0.39, 0.29) is 5.78 Å². The minimum atomic E-state index is 0.0594. The number of fused-ring (bicyclic) bond motifs is 1. The molecule has 0 aliphatic rings. The van der Waals surface area contributed by atoms with Gasteiger partial charge in [0.15, 0.2) is 5.78 Å². The molecular weight excluding hydrogens is 392 g/mol. The molecule has 0 aliphatic carbocycles. The highest BCUT2D eigenvalue weighted by Crippen LogP contribution is 2.30. The molecule has 0 atom stereocenters. The maximum atomic E-state index is 12.1. The third-order valence-electron chi connectivity index (χ3n) is 5.19. The molecule has 8 heteroatoms. The zero-order valence-electron chi connectivity index (χ0n) is 17.9. The normalized spacial score (nSPS) is 10.8. The van der Waals surface area contributed by atoms with E-state index in [0.717, 1.165) is 22.3 Å². The second-order valence-electron chi connectivity index (χ2n) is 7.16. The minimum Gasteiger partial charge on any atom is -0.495 e. The fourth-order valence-electron chi connectivity index (χ4n) is 3.37. The topological polar surface area (TPSA) is 96.0 Å². The van der Waals surface area contributed by atoms with Gasteiger partial charge in [-0.15, -0.1) is 0 Å². The van der Waals surface area contributed by atoms with Crippen LogP contribution >= 0.6 is 0 Å². The SMILES string of the molecule is CCC(=O)c1ccc(OC)c(Nc2nccc(N(C)c3ccc4c(C)[nH]nc4c3)n2)c1. The van der Waals surface area contributed by atoms with E-state index in [1.807, 2.05) is 50.1 Å². The quantitative estimate of drug-likeness (QED) is 0.419. The van der Waals surface area contributed by atoms with Crippen LogP contribution in [-0.2, 0) is 0 Å². The van der Waals surface area contributed by atoms with E-state index in [9.17, 15) is 4.79 Å². The number of aromatic amines is 1. The van der Waals surface area contributed by atoms with Crippen LogP contribution in [-0.4, -0.2) is 40.1 Å². The highest BCUT2D eigenvalue weighted by atomic mass is 16.5. The maximum absolute atomic E-state index is 12.1. The molecule has 0 radical (unpaired) electrons. The summed E-state index contributed by atoms with van der Waals surface area (Å²) in [4.78, 5) is 23.0. The van der Waals surface area contributed by atoms with Gasteiger partial charge in [-0.2, -0.15) is 10.1 Å². The molecule has 2 N–H and O–H groups in total. The van der Waals surface area contributed by atoms with E-state index in [1.54, 1.807) is 31.5 Å². The predicted molar refractivity (Wildman–Crippen MR) is 122 cm³/mol. The lowest BCUT2D eigenvalue weighted by Gasteiger charge is -2.19. The van der Waals surface area contributed by atoms with Gasteiger partial charge in [-0.05, 0) is 49.4 Å². The van der Waals surface area contributed by atoms with Crippen molar-refractivity contribution in [2.75, 3.05) is 24.4 Å². The molecule has 0 amide bonds. The average molecular weight is 416 g/mol. The number of ether oxygens (including phenoxy) is 1. The molecule has 2 aromatic heterocycles. The highest BCUT2D eigenvalue weighted by molar-refractivity contribution is 5.97. The Morgan fingerprint density at radius 2 is 2.03 bits per heavy atom. The van der Waals surface area contributed by atoms with Gasteiger partial charge in [0.25, 0.3) is 0 Å². The summed E-state index contributed by atoms with van der Waals surface area (Å²) in [6, 6.07) is 13.2. The number of benzene rings is 2. The lowest BCUT2D eigenvalue weighted by atomic mass is 10.1. The summed E-state index contributed by atoms with van der Waals surface area (Å²) in [5.41, 5.74) is 4.14. The zero-order valence-corrected chi connectivity index (χ0v) is 17.9. The summed E-state index contributed by atoms with van der Waals surface area (Å²) >= 11 is 0. The Hall–Kier alpha value is -3.94. The number of Topliss-reactive ketones (excluding diaryl/α,β-unsaturated/α-hetero) is 1. The molecule has 2 aromatic carbocycles. The van der Waals surface area contributed by atoms with E-state index in [2.05, 4.69) is 25.5 Å². The first-order valence-electron chi connectivity index (χ1n) is 10.00. The summed E-state index contributed by atoms with van der Waals surface area (Å²) in [6.07, 6.45) is 2.12. The number of carbonyl (C=O) groups excluding carboxylic acids is 1. The van der Waals surface area contributed by atoms with E-state index in [4.69, 9.17) is 4.74 Å². The molecule has 4 rings (SSSR count). The fourth-order valence-corrected chi connectivity index (χ4v) is 3.37. The monoisotopic (exact) mass is 416 g/mol. The van der Waals surface area contributed by atoms with Crippen molar-refractivity contribution in [1.29, 1.82) is 0 Å². The highest BCUT2D eigenvalue weighted by Gasteiger charge is 2.13. The number of aryl methyl sites for hydroxylation is 1. The standard InChI is InChI=1S/C23H24N6O2/c1-5-20(30)15-6-9-21(31-4)19(12-15)25-23-24-11-10-22(26-23)29(3)16-7-8-17-14(2)27-28-18(17)13-16/h6-13H,5H2,1-4H3,(H,27,28)(H,24,25,26). The largest absolute Gasteiger partial charge is 0.495 e. The lowest BCUT2D eigenvalue weighted by molar-refractivity contribution is 0.0988. The number of hydrogen-bond donors (Lipinski definition) is 2. The Morgan fingerprint density at radius 1 is 1.19 bits per heavy atom. The van der Waals surface area contributed by atoms with Gasteiger partial charge in [-0.3, -0.25) is 9.89 Å².